The Kier molecular flexibility index (Phi) is 10.9. The van der Waals surface area contributed by atoms with Crippen molar-refractivity contribution in [1.82, 2.24) is 10.6 Å². The lowest BCUT2D eigenvalue weighted by atomic mass is 10.1. The fourth-order valence-electron chi connectivity index (χ4n) is 3.04. The summed E-state index contributed by atoms with van der Waals surface area (Å²) >= 11 is 0. The van der Waals surface area contributed by atoms with Gasteiger partial charge in [0.25, 0.3) is 0 Å². The van der Waals surface area contributed by atoms with Crippen molar-refractivity contribution in [2.24, 2.45) is 10.9 Å². The highest BCUT2D eigenvalue weighted by Gasteiger charge is 2.22. The second kappa shape index (κ2) is 13.4. The third-order valence-electron chi connectivity index (χ3n) is 5.03. The van der Waals surface area contributed by atoms with E-state index in [0.29, 0.717) is 26.3 Å². The van der Waals surface area contributed by atoms with E-state index in [4.69, 9.17) is 14.2 Å². The number of hydrogen-bond acceptors (Lipinski definition) is 4. The minimum absolute atomic E-state index is 0. The maximum absolute atomic E-state index is 6.00. The molecule has 0 unspecified atom stereocenters. The third kappa shape index (κ3) is 8.57. The molecule has 7 heteroatoms. The number of ether oxygens (including phenoxy) is 3. The molecule has 0 amide bonds. The summed E-state index contributed by atoms with van der Waals surface area (Å²) in [7, 11) is 3.45. The molecule has 31 heavy (non-hydrogen) atoms. The van der Waals surface area contributed by atoms with Crippen LogP contribution in [-0.2, 0) is 17.8 Å². The van der Waals surface area contributed by atoms with Gasteiger partial charge in [0.15, 0.2) is 5.96 Å². The van der Waals surface area contributed by atoms with Crippen molar-refractivity contribution >= 4 is 29.9 Å². The van der Waals surface area contributed by atoms with Gasteiger partial charge in [0, 0.05) is 38.4 Å². The lowest BCUT2D eigenvalue weighted by Crippen LogP contribution is -2.36. The van der Waals surface area contributed by atoms with Gasteiger partial charge in [-0.1, -0.05) is 30.3 Å². The van der Waals surface area contributed by atoms with Gasteiger partial charge < -0.3 is 24.8 Å². The van der Waals surface area contributed by atoms with Crippen molar-refractivity contribution in [3.63, 3.8) is 0 Å². The van der Waals surface area contributed by atoms with E-state index in [1.165, 1.54) is 12.8 Å². The first-order valence-electron chi connectivity index (χ1n) is 10.6. The summed E-state index contributed by atoms with van der Waals surface area (Å²) in [5.74, 6) is 3.28. The molecule has 0 atom stereocenters. The summed E-state index contributed by atoms with van der Waals surface area (Å²) in [6, 6.07) is 14.4. The van der Waals surface area contributed by atoms with Crippen molar-refractivity contribution in [2.75, 3.05) is 34.0 Å². The normalized spacial score (nSPS) is 13.3. The van der Waals surface area contributed by atoms with E-state index in [1.54, 1.807) is 14.2 Å². The van der Waals surface area contributed by atoms with E-state index >= 15 is 0 Å². The van der Waals surface area contributed by atoms with Crippen LogP contribution < -0.4 is 20.1 Å². The van der Waals surface area contributed by atoms with E-state index in [9.17, 15) is 0 Å². The summed E-state index contributed by atoms with van der Waals surface area (Å²) in [6.07, 6.45) is 2.57. The van der Waals surface area contributed by atoms with E-state index < -0.39 is 0 Å². The molecule has 1 aliphatic carbocycles. The fraction of sp³-hybridized carbons (Fsp3) is 0.458. The van der Waals surface area contributed by atoms with E-state index in [2.05, 4.69) is 46.8 Å². The number of benzene rings is 2. The number of nitrogens with one attached hydrogen (secondary N) is 2. The Balaban J connectivity index is 0.00000341. The van der Waals surface area contributed by atoms with E-state index in [-0.39, 0.29) is 24.0 Å². The first kappa shape index (κ1) is 25.3. The first-order valence-corrected chi connectivity index (χ1v) is 10.6. The van der Waals surface area contributed by atoms with E-state index in [1.807, 2.05) is 18.2 Å². The number of guanidine groups is 1. The average molecular weight is 539 g/mol. The molecule has 2 N–H and O–H groups in total. The monoisotopic (exact) mass is 539 g/mol. The van der Waals surface area contributed by atoms with Crippen LogP contribution in [0.4, 0.5) is 0 Å². The number of hydrogen-bond donors (Lipinski definition) is 2. The largest absolute Gasteiger partial charge is 0.493 e. The first-order chi connectivity index (χ1) is 14.7. The minimum atomic E-state index is 0. The molecule has 0 heterocycles. The Hall–Kier alpha value is -2.00. The number of nitrogens with zero attached hydrogens (tertiary/aromatic N) is 1. The van der Waals surface area contributed by atoms with Crippen molar-refractivity contribution in [2.45, 2.75) is 32.9 Å². The van der Waals surface area contributed by atoms with Gasteiger partial charge in [-0.15, -0.1) is 24.0 Å². The summed E-state index contributed by atoms with van der Waals surface area (Å²) in [5, 5.41) is 6.75. The van der Waals surface area contributed by atoms with Gasteiger partial charge in [0.05, 0.1) is 13.2 Å². The summed E-state index contributed by atoms with van der Waals surface area (Å²) in [6.45, 7) is 5.21. The molecule has 170 valence electrons. The van der Waals surface area contributed by atoms with E-state index in [0.717, 1.165) is 46.7 Å². The average Bonchev–Trinajstić information content (AvgIpc) is 3.59. The maximum Gasteiger partial charge on any atom is 0.191 e. The topological polar surface area (TPSA) is 64.1 Å². The highest BCUT2D eigenvalue weighted by Crippen LogP contribution is 2.30. The summed E-state index contributed by atoms with van der Waals surface area (Å²) < 4.78 is 17.0. The molecule has 0 radical (unpaired) electrons. The number of aliphatic imine (C=N–C) groups is 1. The smallest absolute Gasteiger partial charge is 0.191 e. The number of halogens is 1. The quantitative estimate of drug-likeness (QED) is 0.193. The molecule has 0 bridgehead atoms. The van der Waals surface area contributed by atoms with Crippen molar-refractivity contribution in [3.8, 4) is 11.5 Å². The Labute approximate surface area is 202 Å². The van der Waals surface area contributed by atoms with Crippen LogP contribution in [0.3, 0.4) is 0 Å². The van der Waals surface area contributed by atoms with Crippen LogP contribution in [0.2, 0.25) is 0 Å². The molecule has 0 spiro atoms. The van der Waals surface area contributed by atoms with Crippen molar-refractivity contribution in [1.29, 1.82) is 0 Å². The second-order valence-electron chi connectivity index (χ2n) is 7.59. The van der Waals surface area contributed by atoms with Gasteiger partial charge in [-0.2, -0.15) is 0 Å². The van der Waals surface area contributed by atoms with Gasteiger partial charge in [-0.3, -0.25) is 4.99 Å². The zero-order chi connectivity index (χ0) is 21.2. The molecule has 1 fully saturated rings. The molecule has 0 saturated heterocycles. The molecule has 3 rings (SSSR count). The third-order valence-corrected chi connectivity index (χ3v) is 5.03. The highest BCUT2D eigenvalue weighted by molar-refractivity contribution is 14.0. The van der Waals surface area contributed by atoms with Gasteiger partial charge in [0.1, 0.15) is 18.1 Å². The Morgan fingerprint density at radius 2 is 1.68 bits per heavy atom. The molecule has 6 nitrogen and oxygen atoms in total. The van der Waals surface area contributed by atoms with Crippen LogP contribution in [0.25, 0.3) is 0 Å². The number of rotatable bonds is 11. The minimum Gasteiger partial charge on any atom is -0.493 e. The predicted molar refractivity (Wildman–Crippen MR) is 136 cm³/mol. The van der Waals surface area contributed by atoms with Crippen LogP contribution in [0.5, 0.6) is 11.5 Å². The molecule has 2 aromatic carbocycles. The van der Waals surface area contributed by atoms with Crippen LogP contribution in [0.1, 0.15) is 29.5 Å². The van der Waals surface area contributed by atoms with Gasteiger partial charge in [-0.25, -0.2) is 0 Å². The summed E-state index contributed by atoms with van der Waals surface area (Å²) in [4.78, 5) is 4.35. The SMILES string of the molecule is CN=C(NCc1ccc(C)cc1OCCOC)NCc1ccccc1OCC1CC1.I. The zero-order valence-electron chi connectivity index (χ0n) is 18.6. The van der Waals surface area contributed by atoms with Gasteiger partial charge in [-0.05, 0) is 43.4 Å². The number of methoxy groups -OCH3 is 1. The summed E-state index contributed by atoms with van der Waals surface area (Å²) in [5.41, 5.74) is 3.37. The Morgan fingerprint density at radius 1 is 0.968 bits per heavy atom. The van der Waals surface area contributed by atoms with Gasteiger partial charge >= 0.3 is 0 Å². The molecule has 2 aromatic rings. The molecule has 1 saturated carbocycles. The van der Waals surface area contributed by atoms with Crippen LogP contribution >= 0.6 is 24.0 Å². The fourth-order valence-corrected chi connectivity index (χ4v) is 3.04. The predicted octanol–water partition coefficient (Wildman–Crippen LogP) is 4.29. The molecule has 1 aliphatic rings. The highest BCUT2D eigenvalue weighted by atomic mass is 127. The zero-order valence-corrected chi connectivity index (χ0v) is 21.0. The van der Waals surface area contributed by atoms with Crippen molar-refractivity contribution in [3.05, 3.63) is 59.2 Å². The number of aryl methyl sites for hydroxylation is 1. The molecule has 0 aromatic heterocycles. The van der Waals surface area contributed by atoms with Gasteiger partial charge in [0.2, 0.25) is 0 Å². The van der Waals surface area contributed by atoms with Crippen molar-refractivity contribution < 1.29 is 14.2 Å². The lowest BCUT2D eigenvalue weighted by Gasteiger charge is -2.16. The molecule has 0 aliphatic heterocycles. The van der Waals surface area contributed by atoms with Crippen LogP contribution in [-0.4, -0.2) is 39.9 Å². The van der Waals surface area contributed by atoms with Crippen LogP contribution in [0, 0.1) is 12.8 Å². The molecular weight excluding hydrogens is 505 g/mol. The Morgan fingerprint density at radius 3 is 2.35 bits per heavy atom. The standard InChI is InChI=1S/C24H33N3O3.HI/c1-18-8-11-21(23(14-18)29-13-12-28-3)16-27-24(25-2)26-15-20-6-4-5-7-22(20)30-17-19-9-10-19;/h4-8,11,14,19H,9-10,12-13,15-17H2,1-3H3,(H2,25,26,27);1H. The van der Waals surface area contributed by atoms with Crippen LogP contribution in [0.15, 0.2) is 47.5 Å². The maximum atomic E-state index is 6.00. The number of para-hydroxylation sites is 1. The lowest BCUT2D eigenvalue weighted by molar-refractivity contribution is 0.145. The Bertz CT molecular complexity index is 841. The second-order valence-corrected chi connectivity index (χ2v) is 7.59. The molecular formula is C24H34IN3O3.